The fraction of sp³-hybridized carbons (Fsp3) is 0.500. The van der Waals surface area contributed by atoms with Gasteiger partial charge in [0.1, 0.15) is 0 Å². The zero-order valence-electron chi connectivity index (χ0n) is 9.16. The number of hydrogen-bond donors (Lipinski definition) is 0. The molecule has 0 N–H and O–H groups in total. The number of methoxy groups -OCH3 is 2. The van der Waals surface area contributed by atoms with Crippen molar-refractivity contribution in [1.29, 1.82) is 0 Å². The third-order valence-electron chi connectivity index (χ3n) is 2.61. The average Bonchev–Trinajstić information content (AvgIpc) is 3.09. The molecular weight excluding hydrogens is 192 g/mol. The van der Waals surface area contributed by atoms with E-state index in [1.54, 1.807) is 14.2 Å². The highest BCUT2D eigenvalue weighted by atomic mass is 16.6. The van der Waals surface area contributed by atoms with Crippen LogP contribution in [-0.4, -0.2) is 26.9 Å². The van der Waals surface area contributed by atoms with Crippen molar-refractivity contribution in [3.8, 4) is 11.5 Å². The van der Waals surface area contributed by atoms with Crippen LogP contribution in [0.3, 0.4) is 0 Å². The van der Waals surface area contributed by atoms with Gasteiger partial charge in [0, 0.05) is 0 Å². The Hall–Kier alpha value is -1.22. The lowest BCUT2D eigenvalue weighted by Crippen LogP contribution is -1.94. The number of benzene rings is 1. The molecule has 1 atom stereocenters. The fourth-order valence-corrected chi connectivity index (χ4v) is 1.60. The first-order valence-corrected chi connectivity index (χ1v) is 5.16. The van der Waals surface area contributed by atoms with Gasteiger partial charge < -0.3 is 14.2 Å². The van der Waals surface area contributed by atoms with Crippen LogP contribution in [0.2, 0.25) is 0 Å². The van der Waals surface area contributed by atoms with Gasteiger partial charge in [0.2, 0.25) is 0 Å². The molecule has 1 aromatic carbocycles. The fourth-order valence-electron chi connectivity index (χ4n) is 1.60. The van der Waals surface area contributed by atoms with Crippen LogP contribution < -0.4 is 9.47 Å². The summed E-state index contributed by atoms with van der Waals surface area (Å²) < 4.78 is 15.6. The highest BCUT2D eigenvalue weighted by molar-refractivity contribution is 5.42. The first-order chi connectivity index (χ1) is 7.33. The van der Waals surface area contributed by atoms with E-state index in [9.17, 15) is 0 Å². The Morgan fingerprint density at radius 3 is 2.60 bits per heavy atom. The lowest BCUT2D eigenvalue weighted by atomic mass is 10.1. The Morgan fingerprint density at radius 1 is 1.27 bits per heavy atom. The van der Waals surface area contributed by atoms with Gasteiger partial charge in [-0.05, 0) is 30.5 Å². The Morgan fingerprint density at radius 2 is 2.00 bits per heavy atom. The van der Waals surface area contributed by atoms with E-state index in [4.69, 9.17) is 14.2 Å². The van der Waals surface area contributed by atoms with Gasteiger partial charge in [0.25, 0.3) is 0 Å². The van der Waals surface area contributed by atoms with Crippen molar-refractivity contribution in [2.75, 3.05) is 20.8 Å². The second-order valence-corrected chi connectivity index (χ2v) is 3.68. The Bertz CT molecular complexity index is 332. The quantitative estimate of drug-likeness (QED) is 0.694. The molecule has 2 rings (SSSR count). The van der Waals surface area contributed by atoms with Crippen LogP contribution in [0.5, 0.6) is 11.5 Å². The number of rotatable bonds is 5. The van der Waals surface area contributed by atoms with E-state index in [2.05, 4.69) is 6.07 Å². The molecule has 0 bridgehead atoms. The van der Waals surface area contributed by atoms with Crippen LogP contribution in [0.1, 0.15) is 12.0 Å². The molecule has 0 radical (unpaired) electrons. The normalized spacial score (nSPS) is 18.7. The molecule has 0 aromatic heterocycles. The SMILES string of the molecule is COc1ccc(CCC2CO2)cc1OC. The van der Waals surface area contributed by atoms with E-state index < -0.39 is 0 Å². The second-order valence-electron chi connectivity index (χ2n) is 3.68. The third kappa shape index (κ3) is 2.63. The zero-order chi connectivity index (χ0) is 10.7. The number of aryl methyl sites for hydroxylation is 1. The monoisotopic (exact) mass is 208 g/mol. The van der Waals surface area contributed by atoms with E-state index in [1.807, 2.05) is 12.1 Å². The van der Waals surface area contributed by atoms with Crippen LogP contribution in [-0.2, 0) is 11.2 Å². The molecule has 3 heteroatoms. The Kier molecular flexibility index (Phi) is 3.11. The minimum Gasteiger partial charge on any atom is -0.493 e. The molecule has 0 aliphatic carbocycles. The maximum absolute atomic E-state index is 5.24. The lowest BCUT2D eigenvalue weighted by Gasteiger charge is -2.09. The minimum atomic E-state index is 0.484. The summed E-state index contributed by atoms with van der Waals surface area (Å²) in [4.78, 5) is 0. The van der Waals surface area contributed by atoms with E-state index in [1.165, 1.54) is 5.56 Å². The third-order valence-corrected chi connectivity index (χ3v) is 2.61. The highest BCUT2D eigenvalue weighted by Gasteiger charge is 2.21. The second kappa shape index (κ2) is 4.53. The van der Waals surface area contributed by atoms with Crippen LogP contribution >= 0.6 is 0 Å². The standard InChI is InChI=1S/C12H16O3/c1-13-11-6-4-9(7-12(11)14-2)3-5-10-8-15-10/h4,6-7,10H,3,5,8H2,1-2H3. The van der Waals surface area contributed by atoms with Crippen molar-refractivity contribution in [2.24, 2.45) is 0 Å². The number of hydrogen-bond acceptors (Lipinski definition) is 3. The first kappa shape index (κ1) is 10.3. The molecule has 3 nitrogen and oxygen atoms in total. The molecule has 1 aliphatic heterocycles. The summed E-state index contributed by atoms with van der Waals surface area (Å²) in [6.45, 7) is 0.924. The van der Waals surface area contributed by atoms with Crippen molar-refractivity contribution >= 4 is 0 Å². The molecule has 1 aliphatic rings. The van der Waals surface area contributed by atoms with E-state index >= 15 is 0 Å². The maximum Gasteiger partial charge on any atom is 0.160 e. The summed E-state index contributed by atoms with van der Waals surface area (Å²) in [5.74, 6) is 1.58. The van der Waals surface area contributed by atoms with Crippen molar-refractivity contribution in [3.63, 3.8) is 0 Å². The van der Waals surface area contributed by atoms with Crippen molar-refractivity contribution in [1.82, 2.24) is 0 Å². The molecule has 1 heterocycles. The maximum atomic E-state index is 5.24. The minimum absolute atomic E-state index is 0.484. The lowest BCUT2D eigenvalue weighted by molar-refractivity contribution is 0.354. The molecule has 1 fully saturated rings. The topological polar surface area (TPSA) is 31.0 Å². The molecule has 0 saturated carbocycles. The van der Waals surface area contributed by atoms with Crippen molar-refractivity contribution in [3.05, 3.63) is 23.8 Å². The van der Waals surface area contributed by atoms with Gasteiger partial charge in [-0.15, -0.1) is 0 Å². The molecule has 82 valence electrons. The van der Waals surface area contributed by atoms with Gasteiger partial charge in [-0.3, -0.25) is 0 Å². The number of epoxide rings is 1. The molecule has 1 saturated heterocycles. The first-order valence-electron chi connectivity index (χ1n) is 5.16. The van der Waals surface area contributed by atoms with Crippen LogP contribution in [0, 0.1) is 0 Å². The van der Waals surface area contributed by atoms with E-state index in [0.29, 0.717) is 6.10 Å². The van der Waals surface area contributed by atoms with Crippen LogP contribution in [0.4, 0.5) is 0 Å². The Labute approximate surface area is 90.0 Å². The van der Waals surface area contributed by atoms with Gasteiger partial charge in [-0.1, -0.05) is 6.07 Å². The zero-order valence-corrected chi connectivity index (χ0v) is 9.16. The van der Waals surface area contributed by atoms with Crippen LogP contribution in [0.15, 0.2) is 18.2 Å². The van der Waals surface area contributed by atoms with Crippen molar-refractivity contribution in [2.45, 2.75) is 18.9 Å². The summed E-state index contributed by atoms with van der Waals surface area (Å²) in [6.07, 6.45) is 2.61. The summed E-state index contributed by atoms with van der Waals surface area (Å²) in [5, 5.41) is 0. The van der Waals surface area contributed by atoms with Gasteiger partial charge in [-0.25, -0.2) is 0 Å². The molecule has 0 amide bonds. The number of ether oxygens (including phenoxy) is 3. The van der Waals surface area contributed by atoms with Gasteiger partial charge >= 0.3 is 0 Å². The van der Waals surface area contributed by atoms with Gasteiger partial charge in [0.05, 0.1) is 26.9 Å². The summed E-state index contributed by atoms with van der Waals surface area (Å²) >= 11 is 0. The van der Waals surface area contributed by atoms with E-state index in [-0.39, 0.29) is 0 Å². The molecular formula is C12H16O3. The molecule has 0 spiro atoms. The van der Waals surface area contributed by atoms with E-state index in [0.717, 1.165) is 30.9 Å². The predicted octanol–water partition coefficient (Wildman–Crippen LogP) is 2.04. The highest BCUT2D eigenvalue weighted by Crippen LogP contribution is 2.28. The summed E-state index contributed by atoms with van der Waals surface area (Å²) in [7, 11) is 3.31. The largest absolute Gasteiger partial charge is 0.493 e. The summed E-state index contributed by atoms with van der Waals surface area (Å²) in [5.41, 5.74) is 1.27. The van der Waals surface area contributed by atoms with Gasteiger partial charge in [0.15, 0.2) is 11.5 Å². The predicted molar refractivity (Wildman–Crippen MR) is 57.6 cm³/mol. The van der Waals surface area contributed by atoms with Gasteiger partial charge in [-0.2, -0.15) is 0 Å². The smallest absolute Gasteiger partial charge is 0.160 e. The molecule has 1 unspecified atom stereocenters. The Balaban J connectivity index is 2.03. The van der Waals surface area contributed by atoms with Crippen molar-refractivity contribution < 1.29 is 14.2 Å². The van der Waals surface area contributed by atoms with Crippen LogP contribution in [0.25, 0.3) is 0 Å². The molecule has 1 aromatic rings. The average molecular weight is 208 g/mol. The summed E-state index contributed by atoms with van der Waals surface area (Å²) in [6, 6.07) is 6.05. The molecule has 15 heavy (non-hydrogen) atoms.